The van der Waals surface area contributed by atoms with Crippen LogP contribution in [0.3, 0.4) is 0 Å². The summed E-state index contributed by atoms with van der Waals surface area (Å²) in [5.41, 5.74) is 0. The lowest BCUT2D eigenvalue weighted by Gasteiger charge is -2.40. The van der Waals surface area contributed by atoms with Crippen LogP contribution >= 0.6 is 0 Å². The summed E-state index contributed by atoms with van der Waals surface area (Å²) in [6, 6.07) is 0. The van der Waals surface area contributed by atoms with Crippen LogP contribution in [0.2, 0.25) is 0 Å². The number of nitrogens with two attached hydrogens (primary N) is 1. The molecule has 0 aromatic heterocycles. The van der Waals surface area contributed by atoms with Gasteiger partial charge in [-0.25, -0.2) is 13.6 Å². The number of sulfonamides is 1. The lowest BCUT2D eigenvalue weighted by molar-refractivity contribution is -0.295. The predicted octanol–water partition coefficient (Wildman–Crippen LogP) is -0.340. The molecule has 1 aliphatic heterocycles. The van der Waals surface area contributed by atoms with Crippen molar-refractivity contribution in [1.29, 1.82) is 0 Å². The van der Waals surface area contributed by atoms with Gasteiger partial charge in [0.25, 0.3) is 0 Å². The zero-order chi connectivity index (χ0) is 13.3. The summed E-state index contributed by atoms with van der Waals surface area (Å²) in [5.74, 6) is -2.34. The molecule has 17 heavy (non-hydrogen) atoms. The Hall–Kier alpha value is -0.700. The lowest BCUT2D eigenvalue weighted by Crippen LogP contribution is -2.48. The van der Waals surface area contributed by atoms with Gasteiger partial charge in [0.2, 0.25) is 10.0 Å². The number of aliphatic carboxylic acids is 1. The van der Waals surface area contributed by atoms with Crippen LogP contribution in [0.15, 0.2) is 0 Å². The maximum Gasteiger partial charge on any atom is 0.305 e. The minimum absolute atomic E-state index is 0.187. The van der Waals surface area contributed by atoms with E-state index >= 15 is 0 Å². The first-order chi connectivity index (χ1) is 7.57. The molecule has 1 heterocycles. The topological polar surface area (TPSA) is 116 Å². The van der Waals surface area contributed by atoms with Crippen molar-refractivity contribution in [3.63, 3.8) is 0 Å². The number of carbonyl (C=O) groups is 1. The third-order valence-electron chi connectivity index (χ3n) is 2.25. The van der Waals surface area contributed by atoms with E-state index in [1.807, 2.05) is 0 Å². The third kappa shape index (κ3) is 5.44. The number of hydrogen-bond donors (Lipinski definition) is 2. The highest BCUT2D eigenvalue weighted by molar-refractivity contribution is 7.89. The molecule has 1 unspecified atom stereocenters. The highest BCUT2D eigenvalue weighted by Gasteiger charge is 2.37. The van der Waals surface area contributed by atoms with E-state index in [4.69, 9.17) is 19.7 Å². The van der Waals surface area contributed by atoms with Gasteiger partial charge in [0.05, 0.1) is 24.4 Å². The van der Waals surface area contributed by atoms with Gasteiger partial charge in [0.1, 0.15) is 0 Å². The summed E-state index contributed by atoms with van der Waals surface area (Å²) in [7, 11) is -3.65. The molecule has 100 valence electrons. The van der Waals surface area contributed by atoms with Crippen molar-refractivity contribution in [2.24, 2.45) is 5.14 Å². The Morgan fingerprint density at radius 1 is 1.41 bits per heavy atom. The molecule has 0 aromatic rings. The second kappa shape index (κ2) is 4.89. The van der Waals surface area contributed by atoms with Crippen molar-refractivity contribution in [2.45, 2.75) is 44.7 Å². The van der Waals surface area contributed by atoms with E-state index in [9.17, 15) is 13.2 Å². The number of hydrogen-bond acceptors (Lipinski definition) is 5. The van der Waals surface area contributed by atoms with E-state index in [1.54, 1.807) is 13.8 Å². The lowest BCUT2D eigenvalue weighted by atomic mass is 10.1. The number of primary sulfonamides is 1. The molecule has 0 amide bonds. The Morgan fingerprint density at radius 3 is 2.41 bits per heavy atom. The molecule has 2 atom stereocenters. The van der Waals surface area contributed by atoms with E-state index < -0.39 is 34.0 Å². The molecule has 0 bridgehead atoms. The minimum atomic E-state index is -3.65. The quantitative estimate of drug-likeness (QED) is 0.719. The van der Waals surface area contributed by atoms with E-state index in [0.717, 1.165) is 0 Å². The molecule has 0 aliphatic carbocycles. The summed E-state index contributed by atoms with van der Waals surface area (Å²) in [6.45, 7) is 3.22. The summed E-state index contributed by atoms with van der Waals surface area (Å²) < 4.78 is 32.7. The van der Waals surface area contributed by atoms with Gasteiger partial charge in [-0.15, -0.1) is 0 Å². The monoisotopic (exact) mass is 267 g/mol. The fourth-order valence-corrected chi connectivity index (χ4v) is 2.62. The first-order valence-corrected chi connectivity index (χ1v) is 6.87. The Labute approximate surface area is 99.9 Å². The van der Waals surface area contributed by atoms with Crippen LogP contribution in [-0.2, 0) is 24.3 Å². The van der Waals surface area contributed by atoms with Gasteiger partial charge in [0, 0.05) is 6.42 Å². The van der Waals surface area contributed by atoms with E-state index in [1.165, 1.54) is 0 Å². The first-order valence-electron chi connectivity index (χ1n) is 5.15. The molecular weight excluding hydrogens is 250 g/mol. The van der Waals surface area contributed by atoms with Crippen LogP contribution in [0, 0.1) is 0 Å². The molecule has 8 heteroatoms. The maximum atomic E-state index is 11.0. The summed E-state index contributed by atoms with van der Waals surface area (Å²) in [5, 5.41) is 13.6. The SMILES string of the molecule is CC1(C)OC(CS(N)(=O)=O)C[C@H](CC(=O)O)O1. The van der Waals surface area contributed by atoms with Gasteiger partial charge in [-0.3, -0.25) is 4.79 Å². The molecule has 1 fully saturated rings. The van der Waals surface area contributed by atoms with Crippen LogP contribution in [0.4, 0.5) is 0 Å². The summed E-state index contributed by atoms with van der Waals surface area (Å²) >= 11 is 0. The average molecular weight is 267 g/mol. The molecule has 0 saturated carbocycles. The standard InChI is InChI=1S/C9H17NO6S/c1-9(2)15-6(4-8(11)12)3-7(16-9)5-17(10,13)14/h6-7H,3-5H2,1-2H3,(H,11,12)(H2,10,13,14)/t6-,7?/m1/s1. The van der Waals surface area contributed by atoms with Crippen molar-refractivity contribution in [3.05, 3.63) is 0 Å². The molecule has 1 rings (SSSR count). The highest BCUT2D eigenvalue weighted by atomic mass is 32.2. The fourth-order valence-electron chi connectivity index (χ4n) is 1.90. The molecule has 0 aromatic carbocycles. The number of carboxylic acids is 1. The zero-order valence-electron chi connectivity index (χ0n) is 9.75. The van der Waals surface area contributed by atoms with Crippen LogP contribution in [0.25, 0.3) is 0 Å². The zero-order valence-corrected chi connectivity index (χ0v) is 10.6. The maximum absolute atomic E-state index is 11.0. The smallest absolute Gasteiger partial charge is 0.305 e. The first kappa shape index (κ1) is 14.4. The normalized spacial score (nSPS) is 28.9. The number of ether oxygens (including phenoxy) is 2. The number of carboxylic acid groups (broad SMARTS) is 1. The van der Waals surface area contributed by atoms with E-state index in [2.05, 4.69) is 0 Å². The Balaban J connectivity index is 2.70. The number of rotatable bonds is 4. The Bertz CT molecular complexity index is 390. The van der Waals surface area contributed by atoms with Crippen LogP contribution < -0.4 is 5.14 Å². The average Bonchev–Trinajstić information content (AvgIpc) is 1.93. The summed E-state index contributed by atoms with van der Waals surface area (Å²) in [6.07, 6.45) is -1.19. The van der Waals surface area contributed by atoms with E-state index in [-0.39, 0.29) is 18.6 Å². The van der Waals surface area contributed by atoms with Gasteiger partial charge >= 0.3 is 5.97 Å². The molecule has 0 radical (unpaired) electrons. The molecule has 1 aliphatic rings. The molecule has 0 spiro atoms. The van der Waals surface area contributed by atoms with Crippen molar-refractivity contribution >= 4 is 16.0 Å². The largest absolute Gasteiger partial charge is 0.481 e. The molecule has 3 N–H and O–H groups in total. The van der Waals surface area contributed by atoms with Crippen molar-refractivity contribution < 1.29 is 27.8 Å². The van der Waals surface area contributed by atoms with Crippen molar-refractivity contribution in [3.8, 4) is 0 Å². The van der Waals surface area contributed by atoms with Crippen molar-refractivity contribution in [1.82, 2.24) is 0 Å². The minimum Gasteiger partial charge on any atom is -0.481 e. The molecular formula is C9H17NO6S. The fraction of sp³-hybridized carbons (Fsp3) is 0.889. The van der Waals surface area contributed by atoms with E-state index in [0.29, 0.717) is 0 Å². The highest BCUT2D eigenvalue weighted by Crippen LogP contribution is 2.28. The van der Waals surface area contributed by atoms with Gasteiger partial charge in [-0.1, -0.05) is 0 Å². The van der Waals surface area contributed by atoms with Crippen LogP contribution in [0.5, 0.6) is 0 Å². The third-order valence-corrected chi connectivity index (χ3v) is 3.08. The van der Waals surface area contributed by atoms with Crippen molar-refractivity contribution in [2.75, 3.05) is 5.75 Å². The van der Waals surface area contributed by atoms with Gasteiger partial charge < -0.3 is 14.6 Å². The van der Waals surface area contributed by atoms with Gasteiger partial charge in [-0.05, 0) is 13.8 Å². The van der Waals surface area contributed by atoms with Gasteiger partial charge in [0.15, 0.2) is 5.79 Å². The van der Waals surface area contributed by atoms with Crippen LogP contribution in [0.1, 0.15) is 26.7 Å². The molecule has 1 saturated heterocycles. The molecule has 7 nitrogen and oxygen atoms in total. The second-order valence-corrected chi connectivity index (χ2v) is 6.20. The Morgan fingerprint density at radius 2 is 1.94 bits per heavy atom. The second-order valence-electron chi connectivity index (χ2n) is 4.54. The summed E-state index contributed by atoms with van der Waals surface area (Å²) in [4.78, 5) is 10.6. The van der Waals surface area contributed by atoms with Gasteiger partial charge in [-0.2, -0.15) is 0 Å². The predicted molar refractivity (Wildman–Crippen MR) is 58.7 cm³/mol. The Kier molecular flexibility index (Phi) is 4.13. The van der Waals surface area contributed by atoms with Crippen LogP contribution in [-0.4, -0.2) is 43.2 Å².